The Morgan fingerprint density at radius 2 is 2.06 bits per heavy atom. The molecule has 90 valence electrons. The molecular weight excluding hydrogens is 212 g/mol. The maximum atomic E-state index is 11.0. The number of rotatable bonds is 7. The number of hydrogen-bond donors (Lipinski definition) is 0. The summed E-state index contributed by atoms with van der Waals surface area (Å²) in [5.41, 5.74) is 2.70. The van der Waals surface area contributed by atoms with Gasteiger partial charge in [0.25, 0.3) is 0 Å². The zero-order chi connectivity index (χ0) is 12.7. The van der Waals surface area contributed by atoms with Gasteiger partial charge in [-0.3, -0.25) is 4.79 Å². The van der Waals surface area contributed by atoms with Gasteiger partial charge < -0.3 is 4.74 Å². The average Bonchev–Trinajstić information content (AvgIpc) is 2.35. The highest BCUT2D eigenvalue weighted by atomic mass is 16.5. The van der Waals surface area contributed by atoms with Crippen LogP contribution >= 0.6 is 0 Å². The van der Waals surface area contributed by atoms with E-state index in [1.54, 1.807) is 6.08 Å². The molecule has 1 aromatic rings. The fourth-order valence-corrected chi connectivity index (χ4v) is 1.64. The molecular formula is C15H18O2. The van der Waals surface area contributed by atoms with Gasteiger partial charge in [0.15, 0.2) is 0 Å². The molecule has 1 rings (SSSR count). The van der Waals surface area contributed by atoms with E-state index in [1.165, 1.54) is 0 Å². The lowest BCUT2D eigenvalue weighted by Gasteiger charge is -2.11. The number of allylic oxidation sites excluding steroid dienone is 1. The SMILES string of the molecule is C=CCCc1cc(OCC=C)c(C)cc1C=O. The fraction of sp³-hybridized carbons (Fsp3) is 0.267. The van der Waals surface area contributed by atoms with Crippen molar-refractivity contribution < 1.29 is 9.53 Å². The molecule has 1 aromatic carbocycles. The van der Waals surface area contributed by atoms with Gasteiger partial charge in [-0.05, 0) is 43.0 Å². The van der Waals surface area contributed by atoms with Crippen molar-refractivity contribution in [2.45, 2.75) is 19.8 Å². The Hall–Kier alpha value is -1.83. The van der Waals surface area contributed by atoms with Crippen molar-refractivity contribution >= 4 is 6.29 Å². The number of benzene rings is 1. The van der Waals surface area contributed by atoms with E-state index in [0.717, 1.165) is 41.6 Å². The number of ether oxygens (including phenoxy) is 1. The van der Waals surface area contributed by atoms with Crippen molar-refractivity contribution in [1.82, 2.24) is 0 Å². The molecule has 0 saturated carbocycles. The first kappa shape index (κ1) is 13.2. The molecule has 0 fully saturated rings. The Kier molecular flexibility index (Phi) is 5.21. The van der Waals surface area contributed by atoms with E-state index in [4.69, 9.17) is 4.74 Å². The minimum absolute atomic E-state index is 0.474. The van der Waals surface area contributed by atoms with Crippen molar-refractivity contribution in [2.24, 2.45) is 0 Å². The van der Waals surface area contributed by atoms with Gasteiger partial charge in [-0.1, -0.05) is 18.7 Å². The third kappa shape index (κ3) is 3.59. The van der Waals surface area contributed by atoms with E-state index in [2.05, 4.69) is 13.2 Å². The van der Waals surface area contributed by atoms with Crippen LogP contribution in [0.25, 0.3) is 0 Å². The van der Waals surface area contributed by atoms with Crippen LogP contribution in [0.4, 0.5) is 0 Å². The quantitative estimate of drug-likeness (QED) is 0.529. The average molecular weight is 230 g/mol. The lowest BCUT2D eigenvalue weighted by atomic mass is 10.0. The monoisotopic (exact) mass is 230 g/mol. The molecule has 0 heterocycles. The zero-order valence-corrected chi connectivity index (χ0v) is 10.2. The molecule has 0 bridgehead atoms. The molecule has 0 aliphatic heterocycles. The molecule has 0 atom stereocenters. The summed E-state index contributed by atoms with van der Waals surface area (Å²) < 4.78 is 5.55. The number of aldehydes is 1. The predicted molar refractivity (Wildman–Crippen MR) is 70.8 cm³/mol. The highest BCUT2D eigenvalue weighted by molar-refractivity contribution is 5.78. The summed E-state index contributed by atoms with van der Waals surface area (Å²) in [6, 6.07) is 3.80. The third-order valence-corrected chi connectivity index (χ3v) is 2.54. The highest BCUT2D eigenvalue weighted by Gasteiger charge is 2.07. The highest BCUT2D eigenvalue weighted by Crippen LogP contribution is 2.23. The van der Waals surface area contributed by atoms with Crippen molar-refractivity contribution in [3.05, 3.63) is 54.1 Å². The number of hydrogen-bond acceptors (Lipinski definition) is 2. The van der Waals surface area contributed by atoms with Crippen LogP contribution in [0, 0.1) is 6.92 Å². The van der Waals surface area contributed by atoms with Crippen molar-refractivity contribution in [1.29, 1.82) is 0 Å². The summed E-state index contributed by atoms with van der Waals surface area (Å²) in [5.74, 6) is 0.814. The second-order valence-corrected chi connectivity index (χ2v) is 3.86. The fourth-order valence-electron chi connectivity index (χ4n) is 1.64. The lowest BCUT2D eigenvalue weighted by Crippen LogP contribution is -2.00. The van der Waals surface area contributed by atoms with Crippen LogP contribution in [0.1, 0.15) is 27.9 Å². The van der Waals surface area contributed by atoms with E-state index < -0.39 is 0 Å². The molecule has 0 radical (unpaired) electrons. The Labute approximate surface area is 103 Å². The van der Waals surface area contributed by atoms with Crippen molar-refractivity contribution in [3.63, 3.8) is 0 Å². The van der Waals surface area contributed by atoms with Gasteiger partial charge in [-0.25, -0.2) is 0 Å². The van der Waals surface area contributed by atoms with Crippen molar-refractivity contribution in [2.75, 3.05) is 6.61 Å². The Morgan fingerprint density at radius 1 is 1.29 bits per heavy atom. The van der Waals surface area contributed by atoms with Gasteiger partial charge >= 0.3 is 0 Å². The topological polar surface area (TPSA) is 26.3 Å². The van der Waals surface area contributed by atoms with E-state index >= 15 is 0 Å². The zero-order valence-electron chi connectivity index (χ0n) is 10.2. The molecule has 2 nitrogen and oxygen atoms in total. The molecule has 0 saturated heterocycles. The molecule has 0 aliphatic carbocycles. The minimum atomic E-state index is 0.474. The van der Waals surface area contributed by atoms with Crippen LogP contribution < -0.4 is 4.74 Å². The van der Waals surface area contributed by atoms with Crippen LogP contribution in [0.5, 0.6) is 5.75 Å². The molecule has 0 aliphatic rings. The van der Waals surface area contributed by atoms with Gasteiger partial charge in [-0.2, -0.15) is 0 Å². The summed E-state index contributed by atoms with van der Waals surface area (Å²) in [7, 11) is 0. The standard InChI is InChI=1S/C15H18O2/c1-4-6-7-13-10-15(17-8-5-2)12(3)9-14(13)11-16/h4-5,9-11H,1-2,6-8H2,3H3. The van der Waals surface area contributed by atoms with E-state index in [0.29, 0.717) is 6.61 Å². The van der Waals surface area contributed by atoms with E-state index in [1.807, 2.05) is 25.1 Å². The maximum Gasteiger partial charge on any atom is 0.150 e. The predicted octanol–water partition coefficient (Wildman–Crippen LogP) is 3.49. The van der Waals surface area contributed by atoms with Crippen LogP contribution in [-0.2, 0) is 6.42 Å². The Morgan fingerprint density at radius 3 is 2.65 bits per heavy atom. The molecule has 2 heteroatoms. The summed E-state index contributed by atoms with van der Waals surface area (Å²) in [4.78, 5) is 11.0. The van der Waals surface area contributed by atoms with Crippen LogP contribution in [-0.4, -0.2) is 12.9 Å². The summed E-state index contributed by atoms with van der Waals surface area (Å²) in [6.45, 7) is 9.71. The van der Waals surface area contributed by atoms with Crippen molar-refractivity contribution in [3.8, 4) is 5.75 Å². The first-order valence-corrected chi connectivity index (χ1v) is 5.66. The first-order chi connectivity index (χ1) is 8.22. The first-order valence-electron chi connectivity index (χ1n) is 5.66. The van der Waals surface area contributed by atoms with Crippen LogP contribution in [0.2, 0.25) is 0 Å². The molecule has 0 aromatic heterocycles. The van der Waals surface area contributed by atoms with Crippen LogP contribution in [0.3, 0.4) is 0 Å². The normalized spacial score (nSPS) is 9.71. The summed E-state index contributed by atoms with van der Waals surface area (Å²) in [6.07, 6.45) is 6.10. The van der Waals surface area contributed by atoms with E-state index in [9.17, 15) is 4.79 Å². The minimum Gasteiger partial charge on any atom is -0.489 e. The number of carbonyl (C=O) groups excluding carboxylic acids is 1. The second kappa shape index (κ2) is 6.69. The second-order valence-electron chi connectivity index (χ2n) is 3.86. The summed E-state index contributed by atoms with van der Waals surface area (Å²) >= 11 is 0. The third-order valence-electron chi connectivity index (χ3n) is 2.54. The maximum absolute atomic E-state index is 11.0. The molecule has 0 spiro atoms. The summed E-state index contributed by atoms with van der Waals surface area (Å²) in [5, 5.41) is 0. The van der Waals surface area contributed by atoms with Gasteiger partial charge in [-0.15, -0.1) is 6.58 Å². The smallest absolute Gasteiger partial charge is 0.150 e. The number of carbonyl (C=O) groups is 1. The van der Waals surface area contributed by atoms with Gasteiger partial charge in [0, 0.05) is 5.56 Å². The molecule has 0 unspecified atom stereocenters. The Balaban J connectivity index is 3.02. The molecule has 0 amide bonds. The van der Waals surface area contributed by atoms with Gasteiger partial charge in [0.2, 0.25) is 0 Å². The van der Waals surface area contributed by atoms with E-state index in [-0.39, 0.29) is 0 Å². The molecule has 17 heavy (non-hydrogen) atoms. The largest absolute Gasteiger partial charge is 0.489 e. The van der Waals surface area contributed by atoms with Crippen LogP contribution in [0.15, 0.2) is 37.4 Å². The number of aryl methyl sites for hydroxylation is 2. The molecule has 0 N–H and O–H groups in total. The Bertz CT molecular complexity index is 419. The van der Waals surface area contributed by atoms with Gasteiger partial charge in [0.05, 0.1) is 0 Å². The van der Waals surface area contributed by atoms with Gasteiger partial charge in [0.1, 0.15) is 18.6 Å². The lowest BCUT2D eigenvalue weighted by molar-refractivity contribution is 0.112.